The molecule has 0 radical (unpaired) electrons. The number of carbonyl (C=O) groups is 3. The number of rotatable bonds is 9. The van der Waals surface area contributed by atoms with E-state index in [1.807, 2.05) is 43.3 Å². The van der Waals surface area contributed by atoms with Gasteiger partial charge in [-0.3, -0.25) is 19.3 Å². The first-order chi connectivity index (χ1) is 17.4. The molecule has 3 aromatic rings. The topological polar surface area (TPSA) is 84.9 Å². The zero-order valence-corrected chi connectivity index (χ0v) is 21.8. The van der Waals surface area contributed by atoms with E-state index in [0.29, 0.717) is 40.4 Å². The van der Waals surface area contributed by atoms with E-state index in [1.165, 1.54) is 0 Å². The third kappa shape index (κ3) is 6.35. The molecule has 184 valence electrons. The Hall–Kier alpha value is -3.56. The summed E-state index contributed by atoms with van der Waals surface area (Å²) >= 11 is 4.33. The summed E-state index contributed by atoms with van der Waals surface area (Å²) in [4.78, 5) is 38.9. The molecule has 9 heteroatoms. The second kappa shape index (κ2) is 11.9. The van der Waals surface area contributed by atoms with Crippen molar-refractivity contribution in [2.24, 2.45) is 0 Å². The number of hydrogen-bond donors (Lipinski definition) is 1. The normalized spacial score (nSPS) is 14.3. The van der Waals surface area contributed by atoms with Crippen LogP contribution in [0.3, 0.4) is 0 Å². The van der Waals surface area contributed by atoms with Crippen LogP contribution in [0, 0.1) is 0 Å². The Balaban J connectivity index is 1.49. The van der Waals surface area contributed by atoms with Gasteiger partial charge in [-0.05, 0) is 76.1 Å². The van der Waals surface area contributed by atoms with Gasteiger partial charge in [0.15, 0.2) is 11.5 Å². The number of nitrogens with zero attached hydrogens (tertiary/aromatic N) is 1. The summed E-state index contributed by atoms with van der Waals surface area (Å²) in [5.74, 6) is 0.0804. The lowest BCUT2D eigenvalue weighted by Gasteiger charge is -2.15. The SMILES string of the molecule is CCOc1cc(/C=C2/SC(=O)N(CC(=O)Nc3ccccc3)C2=O)cc(Br)c1OCc1ccccc1. The van der Waals surface area contributed by atoms with Gasteiger partial charge in [-0.25, -0.2) is 0 Å². The number of thioether (sulfide) groups is 1. The van der Waals surface area contributed by atoms with Gasteiger partial charge in [0.2, 0.25) is 5.91 Å². The molecule has 0 atom stereocenters. The van der Waals surface area contributed by atoms with E-state index in [0.717, 1.165) is 22.2 Å². The van der Waals surface area contributed by atoms with Crippen LogP contribution in [0.2, 0.25) is 0 Å². The van der Waals surface area contributed by atoms with Crippen LogP contribution in [0.25, 0.3) is 6.08 Å². The number of benzene rings is 3. The zero-order chi connectivity index (χ0) is 25.5. The number of amides is 3. The molecule has 0 spiro atoms. The first-order valence-corrected chi connectivity index (χ1v) is 12.8. The lowest BCUT2D eigenvalue weighted by molar-refractivity contribution is -0.127. The highest BCUT2D eigenvalue weighted by molar-refractivity contribution is 9.10. The van der Waals surface area contributed by atoms with Crippen molar-refractivity contribution in [1.82, 2.24) is 4.90 Å². The summed E-state index contributed by atoms with van der Waals surface area (Å²) in [6, 6.07) is 22.2. The van der Waals surface area contributed by atoms with Crippen LogP contribution in [0.5, 0.6) is 11.5 Å². The van der Waals surface area contributed by atoms with Gasteiger partial charge in [-0.15, -0.1) is 0 Å². The second-order valence-corrected chi connectivity index (χ2v) is 9.57. The minimum atomic E-state index is -0.522. The van der Waals surface area contributed by atoms with Crippen molar-refractivity contribution in [3.63, 3.8) is 0 Å². The molecule has 4 rings (SSSR count). The fourth-order valence-corrected chi connectivity index (χ4v) is 4.87. The van der Waals surface area contributed by atoms with E-state index in [2.05, 4.69) is 21.2 Å². The minimum absolute atomic E-state index is 0.222. The molecule has 1 heterocycles. The molecule has 7 nitrogen and oxygen atoms in total. The van der Waals surface area contributed by atoms with Crippen molar-refractivity contribution >= 4 is 56.5 Å². The van der Waals surface area contributed by atoms with Gasteiger partial charge in [-0.2, -0.15) is 0 Å². The summed E-state index contributed by atoms with van der Waals surface area (Å²) in [6.45, 7) is 2.29. The minimum Gasteiger partial charge on any atom is -0.490 e. The Morgan fingerprint density at radius 2 is 1.72 bits per heavy atom. The molecule has 1 fully saturated rings. The van der Waals surface area contributed by atoms with Crippen LogP contribution in [-0.4, -0.2) is 35.1 Å². The molecule has 36 heavy (non-hydrogen) atoms. The Morgan fingerprint density at radius 1 is 1.03 bits per heavy atom. The molecule has 1 aliphatic heterocycles. The fraction of sp³-hybridized carbons (Fsp3) is 0.148. The number of hydrogen-bond acceptors (Lipinski definition) is 6. The van der Waals surface area contributed by atoms with Gasteiger partial charge >= 0.3 is 0 Å². The smallest absolute Gasteiger partial charge is 0.294 e. The number of para-hydroxylation sites is 1. The van der Waals surface area contributed by atoms with Gasteiger partial charge in [-0.1, -0.05) is 48.5 Å². The Morgan fingerprint density at radius 3 is 2.42 bits per heavy atom. The lowest BCUT2D eigenvalue weighted by atomic mass is 10.1. The Kier molecular flexibility index (Phi) is 8.45. The summed E-state index contributed by atoms with van der Waals surface area (Å²) in [5, 5.41) is 2.18. The zero-order valence-electron chi connectivity index (χ0n) is 19.4. The average molecular weight is 567 g/mol. The molecule has 1 saturated heterocycles. The number of carbonyl (C=O) groups excluding carboxylic acids is 3. The van der Waals surface area contributed by atoms with Crippen LogP contribution < -0.4 is 14.8 Å². The summed E-state index contributed by atoms with van der Waals surface area (Å²) in [6.07, 6.45) is 1.61. The van der Waals surface area contributed by atoms with Crippen molar-refractivity contribution in [3.8, 4) is 11.5 Å². The first-order valence-electron chi connectivity index (χ1n) is 11.2. The molecule has 0 aromatic heterocycles. The van der Waals surface area contributed by atoms with Crippen LogP contribution in [-0.2, 0) is 16.2 Å². The predicted octanol–water partition coefficient (Wildman–Crippen LogP) is 6.10. The number of anilines is 1. The number of ether oxygens (including phenoxy) is 2. The molecular weight excluding hydrogens is 544 g/mol. The van der Waals surface area contributed by atoms with Crippen molar-refractivity contribution in [2.75, 3.05) is 18.5 Å². The lowest BCUT2D eigenvalue weighted by Crippen LogP contribution is -2.36. The molecule has 0 aliphatic carbocycles. The van der Waals surface area contributed by atoms with Crippen LogP contribution in [0.15, 0.2) is 82.2 Å². The second-order valence-electron chi connectivity index (χ2n) is 7.72. The Labute approximate surface area is 221 Å². The third-order valence-corrected chi connectivity index (χ3v) is 6.58. The molecule has 1 aliphatic rings. The molecule has 1 N–H and O–H groups in total. The monoisotopic (exact) mass is 566 g/mol. The summed E-state index contributed by atoms with van der Waals surface area (Å²) in [5.41, 5.74) is 2.26. The van der Waals surface area contributed by atoms with Gasteiger partial charge in [0.1, 0.15) is 13.2 Å². The average Bonchev–Trinajstić information content (AvgIpc) is 3.12. The van der Waals surface area contributed by atoms with Gasteiger partial charge in [0, 0.05) is 5.69 Å². The van der Waals surface area contributed by atoms with E-state index in [1.54, 1.807) is 42.5 Å². The number of halogens is 1. The maximum Gasteiger partial charge on any atom is 0.294 e. The van der Waals surface area contributed by atoms with Gasteiger partial charge in [0.25, 0.3) is 11.1 Å². The quantitative estimate of drug-likeness (QED) is 0.315. The standard InChI is InChI=1S/C27H23BrN2O5S/c1-2-34-22-14-19(13-21(28)25(22)35-17-18-9-5-3-6-10-18)15-23-26(32)30(27(33)36-23)16-24(31)29-20-11-7-4-8-12-20/h3-15H,2,16-17H2,1H3,(H,29,31)/b23-15+. The molecule has 3 amide bonds. The third-order valence-electron chi connectivity index (χ3n) is 5.09. The van der Waals surface area contributed by atoms with E-state index >= 15 is 0 Å². The van der Waals surface area contributed by atoms with Crippen LogP contribution in [0.4, 0.5) is 10.5 Å². The Bertz CT molecular complexity index is 1300. The largest absolute Gasteiger partial charge is 0.490 e. The van der Waals surface area contributed by atoms with Crippen molar-refractivity contribution < 1.29 is 23.9 Å². The molecule has 0 bridgehead atoms. The number of imide groups is 1. The van der Waals surface area contributed by atoms with E-state index in [9.17, 15) is 14.4 Å². The summed E-state index contributed by atoms with van der Waals surface area (Å²) < 4.78 is 12.4. The fourth-order valence-electron chi connectivity index (χ4n) is 3.46. The van der Waals surface area contributed by atoms with E-state index in [4.69, 9.17) is 9.47 Å². The van der Waals surface area contributed by atoms with Gasteiger partial charge in [0.05, 0.1) is 16.0 Å². The number of nitrogens with one attached hydrogen (secondary N) is 1. The first kappa shape index (κ1) is 25.5. The van der Waals surface area contributed by atoms with Crippen molar-refractivity contribution in [1.29, 1.82) is 0 Å². The molecular formula is C27H23BrN2O5S. The molecule has 0 saturated carbocycles. The summed E-state index contributed by atoms with van der Waals surface area (Å²) in [7, 11) is 0. The molecule has 0 unspecified atom stereocenters. The van der Waals surface area contributed by atoms with Crippen molar-refractivity contribution in [2.45, 2.75) is 13.5 Å². The highest BCUT2D eigenvalue weighted by Gasteiger charge is 2.36. The van der Waals surface area contributed by atoms with Gasteiger partial charge < -0.3 is 14.8 Å². The van der Waals surface area contributed by atoms with E-state index in [-0.39, 0.29) is 11.4 Å². The van der Waals surface area contributed by atoms with Crippen molar-refractivity contribution in [3.05, 3.63) is 93.3 Å². The predicted molar refractivity (Wildman–Crippen MR) is 144 cm³/mol. The van der Waals surface area contributed by atoms with Crippen LogP contribution in [0.1, 0.15) is 18.1 Å². The maximum atomic E-state index is 12.9. The molecule has 3 aromatic carbocycles. The van der Waals surface area contributed by atoms with E-state index < -0.39 is 17.1 Å². The van der Waals surface area contributed by atoms with Crippen LogP contribution >= 0.6 is 27.7 Å². The highest BCUT2D eigenvalue weighted by Crippen LogP contribution is 2.39. The highest BCUT2D eigenvalue weighted by atomic mass is 79.9. The maximum absolute atomic E-state index is 12.9.